The number of sulfone groups is 1. The summed E-state index contributed by atoms with van der Waals surface area (Å²) >= 11 is 0. The van der Waals surface area contributed by atoms with Crippen LogP contribution in [0.25, 0.3) is 10.9 Å². The molecular formula is C17H18N4O3S. The minimum Gasteiger partial charge on any atom is -0.361 e. The van der Waals surface area contributed by atoms with E-state index in [-0.39, 0.29) is 10.7 Å². The van der Waals surface area contributed by atoms with Crippen LogP contribution in [0.15, 0.2) is 40.4 Å². The number of hydrogen-bond acceptors (Lipinski definition) is 5. The predicted octanol–water partition coefficient (Wildman–Crippen LogP) is 1.21. The first kappa shape index (κ1) is 16.0. The lowest BCUT2D eigenvalue weighted by Gasteiger charge is -2.27. The molecule has 2 N–H and O–H groups in total. The smallest absolute Gasteiger partial charge is 0.255 e. The van der Waals surface area contributed by atoms with Crippen molar-refractivity contribution in [2.45, 2.75) is 24.7 Å². The van der Waals surface area contributed by atoms with Gasteiger partial charge in [-0.15, -0.1) is 0 Å². The highest BCUT2D eigenvalue weighted by Gasteiger charge is 2.23. The zero-order chi connectivity index (χ0) is 17.6. The third-order valence-electron chi connectivity index (χ3n) is 4.56. The molecule has 0 spiro atoms. The number of fused-ring (bicyclic) bond motifs is 2. The maximum atomic E-state index is 12.2. The van der Waals surface area contributed by atoms with Crippen molar-refractivity contribution in [2.75, 3.05) is 12.8 Å². The van der Waals surface area contributed by atoms with E-state index >= 15 is 0 Å². The molecule has 130 valence electrons. The fourth-order valence-corrected chi connectivity index (χ4v) is 3.86. The molecule has 0 unspecified atom stereocenters. The van der Waals surface area contributed by atoms with E-state index < -0.39 is 9.84 Å². The Bertz CT molecular complexity index is 1110. The van der Waals surface area contributed by atoms with Gasteiger partial charge >= 0.3 is 0 Å². The molecule has 0 saturated carbocycles. The zero-order valence-electron chi connectivity index (χ0n) is 13.7. The van der Waals surface area contributed by atoms with Crippen LogP contribution in [0.1, 0.15) is 16.8 Å². The van der Waals surface area contributed by atoms with Crippen molar-refractivity contribution >= 4 is 20.7 Å². The Kier molecular flexibility index (Phi) is 3.73. The van der Waals surface area contributed by atoms with Gasteiger partial charge in [-0.1, -0.05) is 12.1 Å². The minimum absolute atomic E-state index is 0.258. The second-order valence-corrected chi connectivity index (χ2v) is 8.32. The second kappa shape index (κ2) is 5.82. The third-order valence-corrected chi connectivity index (χ3v) is 5.46. The van der Waals surface area contributed by atoms with Gasteiger partial charge in [-0.25, -0.2) is 13.4 Å². The van der Waals surface area contributed by atoms with Crippen LogP contribution >= 0.6 is 0 Å². The van der Waals surface area contributed by atoms with E-state index in [2.05, 4.69) is 25.9 Å². The van der Waals surface area contributed by atoms with Crippen LogP contribution in [0.4, 0.5) is 0 Å². The summed E-state index contributed by atoms with van der Waals surface area (Å²) < 4.78 is 23.4. The average Bonchev–Trinajstić information content (AvgIpc) is 3.03. The van der Waals surface area contributed by atoms with Gasteiger partial charge in [-0.05, 0) is 24.1 Å². The van der Waals surface area contributed by atoms with Gasteiger partial charge in [0.05, 0.1) is 5.69 Å². The van der Waals surface area contributed by atoms with E-state index in [1.807, 2.05) is 24.4 Å². The molecule has 1 aliphatic rings. The summed E-state index contributed by atoms with van der Waals surface area (Å²) in [5.41, 5.74) is 3.07. The van der Waals surface area contributed by atoms with Crippen molar-refractivity contribution in [2.24, 2.45) is 0 Å². The van der Waals surface area contributed by atoms with E-state index in [4.69, 9.17) is 0 Å². The van der Waals surface area contributed by atoms with Gasteiger partial charge in [0.2, 0.25) is 15.0 Å². The van der Waals surface area contributed by atoms with Gasteiger partial charge < -0.3 is 4.98 Å². The number of nitrogens with one attached hydrogen (secondary N) is 2. The Balaban J connectivity index is 1.66. The molecule has 0 radical (unpaired) electrons. The first-order valence-electron chi connectivity index (χ1n) is 8.01. The molecule has 3 heterocycles. The zero-order valence-corrected chi connectivity index (χ0v) is 14.6. The average molecular weight is 358 g/mol. The molecule has 8 heteroatoms. The molecule has 3 aromatic rings. The Labute approximate surface area is 144 Å². The molecule has 1 aliphatic heterocycles. The number of rotatable bonds is 3. The summed E-state index contributed by atoms with van der Waals surface area (Å²) in [6, 6.07) is 8.17. The molecular weight excluding hydrogens is 340 g/mol. The van der Waals surface area contributed by atoms with Gasteiger partial charge in [-0.2, -0.15) is 0 Å². The molecule has 0 atom stereocenters. The minimum atomic E-state index is -3.55. The van der Waals surface area contributed by atoms with E-state index in [1.54, 1.807) is 0 Å². The van der Waals surface area contributed by atoms with Crippen LogP contribution in [0, 0.1) is 0 Å². The Morgan fingerprint density at radius 2 is 2.12 bits per heavy atom. The van der Waals surface area contributed by atoms with E-state index in [0.29, 0.717) is 24.2 Å². The van der Waals surface area contributed by atoms with Crippen molar-refractivity contribution in [1.82, 2.24) is 19.9 Å². The first-order chi connectivity index (χ1) is 11.9. The summed E-state index contributed by atoms with van der Waals surface area (Å²) in [7, 11) is -3.55. The van der Waals surface area contributed by atoms with Gasteiger partial charge in [0.25, 0.3) is 5.56 Å². The monoisotopic (exact) mass is 358 g/mol. The van der Waals surface area contributed by atoms with Gasteiger partial charge in [0.1, 0.15) is 0 Å². The highest BCUT2D eigenvalue weighted by molar-refractivity contribution is 7.90. The molecule has 0 bridgehead atoms. The molecule has 4 rings (SSSR count). The lowest BCUT2D eigenvalue weighted by Crippen LogP contribution is -2.35. The van der Waals surface area contributed by atoms with E-state index in [9.17, 15) is 13.2 Å². The SMILES string of the molecule is CS(=O)(=O)c1nc2c(c(=O)[nH]1)CCN(Cc1cccc3[nH]ccc13)C2. The molecule has 1 aromatic carbocycles. The molecule has 0 saturated heterocycles. The summed E-state index contributed by atoms with van der Waals surface area (Å²) in [6.07, 6.45) is 3.52. The number of hydrogen-bond donors (Lipinski definition) is 2. The highest BCUT2D eigenvalue weighted by Crippen LogP contribution is 2.22. The number of benzene rings is 1. The fraction of sp³-hybridized carbons (Fsp3) is 0.294. The standard InChI is InChI=1S/C17H18N4O3S/c1-25(23,24)17-19-15-10-21(8-6-13(15)16(22)20-17)9-11-3-2-4-14-12(11)5-7-18-14/h2-5,7,18H,6,8-10H2,1H3,(H,19,20,22). The lowest BCUT2D eigenvalue weighted by molar-refractivity contribution is 0.240. The van der Waals surface area contributed by atoms with Gasteiger partial charge in [0.15, 0.2) is 0 Å². The maximum absolute atomic E-state index is 12.2. The predicted molar refractivity (Wildman–Crippen MR) is 94.1 cm³/mol. The lowest BCUT2D eigenvalue weighted by atomic mass is 10.0. The van der Waals surface area contributed by atoms with Gasteiger partial charge in [-0.3, -0.25) is 14.7 Å². The van der Waals surface area contributed by atoms with Crippen LogP contribution in [0.2, 0.25) is 0 Å². The molecule has 0 aliphatic carbocycles. The van der Waals surface area contributed by atoms with Crippen molar-refractivity contribution in [3.05, 3.63) is 57.6 Å². The number of nitrogens with zero attached hydrogens (tertiary/aromatic N) is 2. The Hall–Kier alpha value is -2.45. The quantitative estimate of drug-likeness (QED) is 0.686. The van der Waals surface area contributed by atoms with Crippen LogP contribution in [-0.4, -0.2) is 41.1 Å². The van der Waals surface area contributed by atoms with Crippen molar-refractivity contribution in [3.63, 3.8) is 0 Å². The second-order valence-electron chi connectivity index (χ2n) is 6.39. The molecule has 7 nitrogen and oxygen atoms in total. The van der Waals surface area contributed by atoms with E-state index in [0.717, 1.165) is 24.9 Å². The number of aromatic nitrogens is 3. The van der Waals surface area contributed by atoms with Crippen molar-refractivity contribution in [1.29, 1.82) is 0 Å². The highest BCUT2D eigenvalue weighted by atomic mass is 32.2. The topological polar surface area (TPSA) is 98.9 Å². The van der Waals surface area contributed by atoms with Crippen molar-refractivity contribution < 1.29 is 8.42 Å². The summed E-state index contributed by atoms with van der Waals surface area (Å²) in [5.74, 6) is 0. The molecule has 0 fully saturated rings. The maximum Gasteiger partial charge on any atom is 0.255 e. The summed E-state index contributed by atoms with van der Waals surface area (Å²) in [5, 5.41) is 0.912. The molecule has 2 aromatic heterocycles. The largest absolute Gasteiger partial charge is 0.361 e. The summed E-state index contributed by atoms with van der Waals surface area (Å²) in [6.45, 7) is 1.91. The number of aromatic amines is 2. The van der Waals surface area contributed by atoms with Gasteiger partial charge in [0, 0.05) is 48.6 Å². The van der Waals surface area contributed by atoms with Crippen LogP contribution in [0.3, 0.4) is 0 Å². The number of H-pyrrole nitrogens is 2. The van der Waals surface area contributed by atoms with Crippen molar-refractivity contribution in [3.8, 4) is 0 Å². The summed E-state index contributed by atoms with van der Waals surface area (Å²) in [4.78, 5) is 24.1. The molecule has 0 amide bonds. The van der Waals surface area contributed by atoms with Crippen LogP contribution < -0.4 is 5.56 Å². The van der Waals surface area contributed by atoms with Crippen LogP contribution in [-0.2, 0) is 29.3 Å². The first-order valence-corrected chi connectivity index (χ1v) is 9.90. The Morgan fingerprint density at radius 3 is 2.92 bits per heavy atom. The van der Waals surface area contributed by atoms with E-state index in [1.165, 1.54) is 10.9 Å². The molecule has 25 heavy (non-hydrogen) atoms. The van der Waals surface area contributed by atoms with Crippen LogP contribution in [0.5, 0.6) is 0 Å². The third kappa shape index (κ3) is 2.98. The fourth-order valence-electron chi connectivity index (χ4n) is 3.31. The normalized spacial score (nSPS) is 15.4. The Morgan fingerprint density at radius 1 is 1.28 bits per heavy atom.